The molecule has 0 saturated carbocycles. The standard InChI is InChI=1S/C13H16N2O2/c1-9-3-5-11(6-4-9)13(17)15-8-7-14-12(16)10(15)2/h3-6,10H,7-8H2,1-2H3,(H,14,16). The molecule has 4 nitrogen and oxygen atoms in total. The van der Waals surface area contributed by atoms with Crippen molar-refractivity contribution in [2.75, 3.05) is 13.1 Å². The summed E-state index contributed by atoms with van der Waals surface area (Å²) in [6, 6.07) is 7.02. The number of carbonyl (C=O) groups excluding carboxylic acids is 2. The monoisotopic (exact) mass is 232 g/mol. The molecule has 2 rings (SSSR count). The Morgan fingerprint density at radius 1 is 1.35 bits per heavy atom. The first kappa shape index (κ1) is 11.6. The first-order valence-corrected chi connectivity index (χ1v) is 5.75. The summed E-state index contributed by atoms with van der Waals surface area (Å²) in [7, 11) is 0. The summed E-state index contributed by atoms with van der Waals surface area (Å²) < 4.78 is 0. The van der Waals surface area contributed by atoms with E-state index in [1.807, 2.05) is 19.1 Å². The number of piperazine rings is 1. The molecule has 1 aromatic carbocycles. The molecule has 2 amide bonds. The van der Waals surface area contributed by atoms with Crippen molar-refractivity contribution in [3.05, 3.63) is 35.4 Å². The SMILES string of the molecule is Cc1ccc(C(=O)N2CCNC(=O)C2C)cc1. The zero-order valence-corrected chi connectivity index (χ0v) is 10.1. The fraction of sp³-hybridized carbons (Fsp3) is 0.385. The van der Waals surface area contributed by atoms with Crippen molar-refractivity contribution in [1.82, 2.24) is 10.2 Å². The molecule has 0 aromatic heterocycles. The third kappa shape index (κ3) is 2.30. The minimum Gasteiger partial charge on any atom is -0.353 e. The summed E-state index contributed by atoms with van der Waals surface area (Å²) in [6.07, 6.45) is 0. The lowest BCUT2D eigenvalue weighted by Crippen LogP contribution is -2.55. The second kappa shape index (κ2) is 4.57. The van der Waals surface area contributed by atoms with Crippen LogP contribution < -0.4 is 5.32 Å². The highest BCUT2D eigenvalue weighted by atomic mass is 16.2. The molecule has 0 aliphatic carbocycles. The molecular formula is C13H16N2O2. The molecule has 1 unspecified atom stereocenters. The molecule has 0 radical (unpaired) electrons. The van der Waals surface area contributed by atoms with E-state index in [1.165, 1.54) is 0 Å². The molecule has 0 bridgehead atoms. The van der Waals surface area contributed by atoms with Gasteiger partial charge >= 0.3 is 0 Å². The molecule has 1 N–H and O–H groups in total. The highest BCUT2D eigenvalue weighted by Gasteiger charge is 2.29. The maximum atomic E-state index is 12.2. The lowest BCUT2D eigenvalue weighted by atomic mass is 10.1. The molecule has 1 saturated heterocycles. The van der Waals surface area contributed by atoms with E-state index in [0.29, 0.717) is 18.7 Å². The predicted octanol–water partition coefficient (Wildman–Crippen LogP) is 0.956. The van der Waals surface area contributed by atoms with E-state index in [4.69, 9.17) is 0 Å². The molecule has 17 heavy (non-hydrogen) atoms. The number of carbonyl (C=O) groups is 2. The average molecular weight is 232 g/mol. The van der Waals surface area contributed by atoms with Crippen molar-refractivity contribution in [3.8, 4) is 0 Å². The van der Waals surface area contributed by atoms with Crippen molar-refractivity contribution < 1.29 is 9.59 Å². The first-order chi connectivity index (χ1) is 8.09. The zero-order valence-electron chi connectivity index (χ0n) is 10.1. The second-order valence-corrected chi connectivity index (χ2v) is 4.33. The summed E-state index contributed by atoms with van der Waals surface area (Å²) in [5.74, 6) is -0.163. The summed E-state index contributed by atoms with van der Waals surface area (Å²) in [4.78, 5) is 25.3. The topological polar surface area (TPSA) is 49.4 Å². The molecule has 90 valence electrons. The highest BCUT2D eigenvalue weighted by Crippen LogP contribution is 2.11. The molecule has 4 heteroatoms. The molecule has 0 spiro atoms. The van der Waals surface area contributed by atoms with Crippen LogP contribution in [0.1, 0.15) is 22.8 Å². The van der Waals surface area contributed by atoms with Gasteiger partial charge in [0.15, 0.2) is 0 Å². The van der Waals surface area contributed by atoms with E-state index in [9.17, 15) is 9.59 Å². The quantitative estimate of drug-likeness (QED) is 0.784. The van der Waals surface area contributed by atoms with Gasteiger partial charge in [0.25, 0.3) is 5.91 Å². The molecular weight excluding hydrogens is 216 g/mol. The van der Waals surface area contributed by atoms with E-state index in [2.05, 4.69) is 5.32 Å². The van der Waals surface area contributed by atoms with Crippen molar-refractivity contribution in [3.63, 3.8) is 0 Å². The number of rotatable bonds is 1. The van der Waals surface area contributed by atoms with Crippen molar-refractivity contribution in [2.24, 2.45) is 0 Å². The van der Waals surface area contributed by atoms with Gasteiger partial charge in [0.05, 0.1) is 0 Å². The van der Waals surface area contributed by atoms with Crippen LogP contribution in [0.15, 0.2) is 24.3 Å². The van der Waals surface area contributed by atoms with Gasteiger partial charge in [0.2, 0.25) is 5.91 Å². The Bertz CT molecular complexity index is 439. The molecule has 1 aromatic rings. The summed E-state index contributed by atoms with van der Waals surface area (Å²) in [5, 5.41) is 2.74. The van der Waals surface area contributed by atoms with Gasteiger partial charge in [-0.3, -0.25) is 9.59 Å². The lowest BCUT2D eigenvalue weighted by Gasteiger charge is -2.32. The van der Waals surface area contributed by atoms with Gasteiger partial charge in [-0.1, -0.05) is 17.7 Å². The Balaban J connectivity index is 2.19. The van der Waals surface area contributed by atoms with Gasteiger partial charge in [0, 0.05) is 18.7 Å². The van der Waals surface area contributed by atoms with Crippen LogP contribution in [0.3, 0.4) is 0 Å². The van der Waals surface area contributed by atoms with E-state index < -0.39 is 6.04 Å². The Morgan fingerprint density at radius 2 is 2.00 bits per heavy atom. The highest BCUT2D eigenvalue weighted by molar-refractivity contribution is 5.98. The smallest absolute Gasteiger partial charge is 0.254 e. The fourth-order valence-corrected chi connectivity index (χ4v) is 1.92. The average Bonchev–Trinajstić information content (AvgIpc) is 2.33. The van der Waals surface area contributed by atoms with Crippen LogP contribution in [0.25, 0.3) is 0 Å². The molecule has 1 aliphatic rings. The second-order valence-electron chi connectivity index (χ2n) is 4.33. The molecule has 1 heterocycles. The number of nitrogens with one attached hydrogen (secondary N) is 1. The van der Waals surface area contributed by atoms with Crippen LogP contribution in [0.5, 0.6) is 0 Å². The fourth-order valence-electron chi connectivity index (χ4n) is 1.92. The Morgan fingerprint density at radius 3 is 2.65 bits per heavy atom. The maximum Gasteiger partial charge on any atom is 0.254 e. The van der Waals surface area contributed by atoms with Gasteiger partial charge in [-0.2, -0.15) is 0 Å². The van der Waals surface area contributed by atoms with E-state index >= 15 is 0 Å². The Kier molecular flexibility index (Phi) is 3.13. The van der Waals surface area contributed by atoms with Crippen LogP contribution in [0.4, 0.5) is 0 Å². The normalized spacial score (nSPS) is 20.0. The first-order valence-electron chi connectivity index (χ1n) is 5.75. The van der Waals surface area contributed by atoms with Gasteiger partial charge in [-0.15, -0.1) is 0 Å². The molecule has 1 atom stereocenters. The van der Waals surface area contributed by atoms with E-state index in [1.54, 1.807) is 24.0 Å². The van der Waals surface area contributed by atoms with Gasteiger partial charge in [-0.05, 0) is 26.0 Å². The third-order valence-electron chi connectivity index (χ3n) is 3.06. The minimum absolute atomic E-state index is 0.0765. The minimum atomic E-state index is -0.391. The van der Waals surface area contributed by atoms with Crippen LogP contribution in [0.2, 0.25) is 0 Å². The Hall–Kier alpha value is -1.84. The van der Waals surface area contributed by atoms with Crippen LogP contribution in [0, 0.1) is 6.92 Å². The largest absolute Gasteiger partial charge is 0.353 e. The van der Waals surface area contributed by atoms with Crippen LogP contribution >= 0.6 is 0 Å². The Labute approximate surface area is 101 Å². The number of hydrogen-bond acceptors (Lipinski definition) is 2. The summed E-state index contributed by atoms with van der Waals surface area (Å²) in [5.41, 5.74) is 1.75. The number of aryl methyl sites for hydroxylation is 1. The van der Waals surface area contributed by atoms with Crippen LogP contribution in [-0.4, -0.2) is 35.8 Å². The predicted molar refractivity (Wildman–Crippen MR) is 64.7 cm³/mol. The third-order valence-corrected chi connectivity index (χ3v) is 3.06. The summed E-state index contributed by atoms with van der Waals surface area (Å²) in [6.45, 7) is 4.83. The van der Waals surface area contributed by atoms with Gasteiger partial charge < -0.3 is 10.2 Å². The number of nitrogens with zero attached hydrogens (tertiary/aromatic N) is 1. The van der Waals surface area contributed by atoms with Crippen molar-refractivity contribution >= 4 is 11.8 Å². The number of benzene rings is 1. The number of amides is 2. The van der Waals surface area contributed by atoms with Crippen LogP contribution in [-0.2, 0) is 4.79 Å². The lowest BCUT2D eigenvalue weighted by molar-refractivity contribution is -0.127. The van der Waals surface area contributed by atoms with E-state index in [-0.39, 0.29) is 11.8 Å². The van der Waals surface area contributed by atoms with Crippen molar-refractivity contribution in [1.29, 1.82) is 0 Å². The van der Waals surface area contributed by atoms with Gasteiger partial charge in [0.1, 0.15) is 6.04 Å². The number of hydrogen-bond donors (Lipinski definition) is 1. The zero-order chi connectivity index (χ0) is 12.4. The molecule has 1 aliphatic heterocycles. The summed E-state index contributed by atoms with van der Waals surface area (Å²) >= 11 is 0. The van der Waals surface area contributed by atoms with Crippen molar-refractivity contribution in [2.45, 2.75) is 19.9 Å². The molecule has 1 fully saturated rings. The van der Waals surface area contributed by atoms with Gasteiger partial charge in [-0.25, -0.2) is 0 Å². The van der Waals surface area contributed by atoms with E-state index in [0.717, 1.165) is 5.56 Å². The maximum absolute atomic E-state index is 12.2.